The maximum absolute atomic E-state index is 4.19. The van der Waals surface area contributed by atoms with Crippen molar-refractivity contribution in [1.82, 2.24) is 4.98 Å². The molecule has 48 valence electrons. The molecular weight excluding hydrogens is 124 g/mol. The van der Waals surface area contributed by atoms with E-state index < -0.39 is 0 Å². The topological polar surface area (TPSA) is 28.1 Å². The molecule has 2 aromatic heterocycles. The molecule has 2 heteroatoms. The van der Waals surface area contributed by atoms with Crippen molar-refractivity contribution >= 4 is 17.2 Å². The van der Waals surface area contributed by atoms with Gasteiger partial charge >= 0.3 is 0 Å². The van der Waals surface area contributed by atoms with Crippen LogP contribution in [0.25, 0.3) is 11.0 Å². The normalized spacial score (nSPS) is 15.2. The molecule has 0 atom stereocenters. The number of hydrogen-bond acceptors (Lipinski definition) is 1. The molecule has 1 N–H and O–H groups in total. The first-order valence-corrected chi connectivity index (χ1v) is 3.38. The van der Waals surface area contributed by atoms with Gasteiger partial charge in [0.2, 0.25) is 0 Å². The molecule has 1 aliphatic rings. The lowest BCUT2D eigenvalue weighted by Gasteiger charge is -1.87. The van der Waals surface area contributed by atoms with Crippen LogP contribution in [0.3, 0.4) is 0 Å². The smallest absolute Gasteiger partial charge is 0.0667 e. The minimum atomic E-state index is 0.867. The first-order chi connectivity index (χ1) is 4.95. The number of fused-ring (bicyclic) bond motifs is 5. The highest BCUT2D eigenvalue weighted by atomic mass is 14.8. The van der Waals surface area contributed by atoms with Gasteiger partial charge in [-0.1, -0.05) is 0 Å². The molecule has 0 fully saturated rings. The van der Waals surface area contributed by atoms with Crippen molar-refractivity contribution < 1.29 is 0 Å². The zero-order valence-electron chi connectivity index (χ0n) is 5.39. The maximum atomic E-state index is 4.19. The molecule has 0 saturated heterocycles. The van der Waals surface area contributed by atoms with Crippen molar-refractivity contribution in [3.05, 3.63) is 23.3 Å². The number of hydrogen-bond donors (Lipinski definition) is 1. The molecule has 2 bridgehead atoms. The van der Waals surface area contributed by atoms with E-state index >= 15 is 0 Å². The van der Waals surface area contributed by atoms with E-state index in [4.69, 9.17) is 0 Å². The molecule has 2 nitrogen and oxygen atoms in total. The Bertz CT molecular complexity index is 397. The Morgan fingerprint density at radius 1 is 1.30 bits per heavy atom. The van der Waals surface area contributed by atoms with Gasteiger partial charge in [0, 0.05) is 28.4 Å². The van der Waals surface area contributed by atoms with Crippen LogP contribution in [0.15, 0.2) is 17.1 Å². The van der Waals surface area contributed by atoms with E-state index in [0.717, 1.165) is 6.54 Å². The Hall–Kier alpha value is -1.31. The van der Waals surface area contributed by atoms with Crippen molar-refractivity contribution in [2.75, 3.05) is 0 Å². The van der Waals surface area contributed by atoms with Crippen LogP contribution in [0.4, 0.5) is 0 Å². The third-order valence-corrected chi connectivity index (χ3v) is 2.10. The maximum Gasteiger partial charge on any atom is 0.0667 e. The van der Waals surface area contributed by atoms with Crippen LogP contribution < -0.4 is 0 Å². The quantitative estimate of drug-likeness (QED) is 0.560. The minimum Gasteiger partial charge on any atom is -0.355 e. The number of aromatic amines is 1. The van der Waals surface area contributed by atoms with Crippen molar-refractivity contribution in [2.24, 2.45) is 4.99 Å². The van der Waals surface area contributed by atoms with Gasteiger partial charge in [-0.05, 0) is 12.1 Å². The van der Waals surface area contributed by atoms with E-state index in [0.29, 0.717) is 0 Å². The number of H-pyrrole nitrogens is 1. The van der Waals surface area contributed by atoms with Gasteiger partial charge in [-0.2, -0.15) is 0 Å². The van der Waals surface area contributed by atoms with Crippen molar-refractivity contribution in [3.8, 4) is 0 Å². The first-order valence-electron chi connectivity index (χ1n) is 3.38. The summed E-state index contributed by atoms with van der Waals surface area (Å²) in [5.74, 6) is 0. The third-order valence-electron chi connectivity index (χ3n) is 2.10. The lowest BCUT2D eigenvalue weighted by atomic mass is 10.1. The van der Waals surface area contributed by atoms with E-state index in [1.165, 1.54) is 22.2 Å². The van der Waals surface area contributed by atoms with Gasteiger partial charge in [0.25, 0.3) is 0 Å². The molecule has 0 unspecified atom stereocenters. The fraction of sp³-hybridized carbons (Fsp3) is 0.125. The standard InChI is InChI=1S/C8H6N2/c1-2-8-6-4-9-3-5(6)7(1)10-8/h1-3,10H,4H2. The van der Waals surface area contributed by atoms with Crippen LogP contribution in [0.5, 0.6) is 0 Å². The predicted octanol–water partition coefficient (Wildman–Crippen LogP) is 1.54. The van der Waals surface area contributed by atoms with Gasteiger partial charge in [-0.3, -0.25) is 4.99 Å². The molecule has 2 aromatic rings. The van der Waals surface area contributed by atoms with E-state index in [9.17, 15) is 0 Å². The van der Waals surface area contributed by atoms with E-state index in [2.05, 4.69) is 22.1 Å². The van der Waals surface area contributed by atoms with Crippen molar-refractivity contribution in [3.63, 3.8) is 0 Å². The molecule has 0 spiro atoms. The summed E-state index contributed by atoms with van der Waals surface area (Å²) in [7, 11) is 0. The number of benzene rings is 1. The largest absolute Gasteiger partial charge is 0.355 e. The zero-order chi connectivity index (χ0) is 6.55. The van der Waals surface area contributed by atoms with Gasteiger partial charge < -0.3 is 4.98 Å². The first kappa shape index (κ1) is 4.50. The summed E-state index contributed by atoms with van der Waals surface area (Å²) in [4.78, 5) is 7.47. The highest BCUT2D eigenvalue weighted by molar-refractivity contribution is 5.99. The van der Waals surface area contributed by atoms with Gasteiger partial charge in [-0.25, -0.2) is 0 Å². The highest BCUT2D eigenvalue weighted by Gasteiger charge is 2.14. The summed E-state index contributed by atoms with van der Waals surface area (Å²) in [5, 5.41) is 0. The second-order valence-electron chi connectivity index (χ2n) is 2.65. The molecule has 3 heterocycles. The second kappa shape index (κ2) is 1.24. The molecule has 0 saturated carbocycles. The molecule has 0 aromatic carbocycles. The Kier molecular flexibility index (Phi) is 0.556. The molecule has 0 aliphatic carbocycles. The average molecular weight is 130 g/mol. The zero-order valence-corrected chi connectivity index (χ0v) is 5.39. The second-order valence-corrected chi connectivity index (χ2v) is 2.65. The van der Waals surface area contributed by atoms with Crippen LogP contribution in [-0.4, -0.2) is 11.2 Å². The average Bonchev–Trinajstić information content (AvgIpc) is 2.60. The van der Waals surface area contributed by atoms with Crippen molar-refractivity contribution in [1.29, 1.82) is 0 Å². The Morgan fingerprint density at radius 3 is 3.10 bits per heavy atom. The number of aromatic nitrogens is 1. The van der Waals surface area contributed by atoms with Crippen LogP contribution >= 0.6 is 0 Å². The van der Waals surface area contributed by atoms with E-state index in [1.807, 2.05) is 6.21 Å². The number of aliphatic imine (C=N–C) groups is 1. The van der Waals surface area contributed by atoms with E-state index in [-0.39, 0.29) is 0 Å². The highest BCUT2D eigenvalue weighted by Crippen LogP contribution is 2.27. The van der Waals surface area contributed by atoms with Crippen LogP contribution in [0.1, 0.15) is 11.1 Å². The lowest BCUT2D eigenvalue weighted by molar-refractivity contribution is 1.13. The Labute approximate surface area is 57.9 Å². The lowest BCUT2D eigenvalue weighted by Crippen LogP contribution is -1.77. The summed E-state index contributed by atoms with van der Waals surface area (Å²) in [6, 6.07) is 4.22. The number of nitrogens with zero attached hydrogens (tertiary/aromatic N) is 1. The molecule has 1 aliphatic heterocycles. The van der Waals surface area contributed by atoms with Gasteiger partial charge in [-0.15, -0.1) is 0 Å². The van der Waals surface area contributed by atoms with E-state index in [1.54, 1.807) is 0 Å². The van der Waals surface area contributed by atoms with Crippen molar-refractivity contribution in [2.45, 2.75) is 6.54 Å². The number of rotatable bonds is 0. The SMILES string of the molecule is C1=NCc2c1c1ccc2[nH]1. The van der Waals surface area contributed by atoms with Crippen LogP contribution in [-0.2, 0) is 6.54 Å². The minimum absolute atomic E-state index is 0.867. The molecular formula is C8H6N2. The Balaban J connectivity index is 2.59. The molecule has 0 radical (unpaired) electrons. The molecule has 0 amide bonds. The van der Waals surface area contributed by atoms with Crippen LogP contribution in [0, 0.1) is 0 Å². The van der Waals surface area contributed by atoms with Gasteiger partial charge in [0.05, 0.1) is 6.54 Å². The third kappa shape index (κ3) is 0.328. The summed E-state index contributed by atoms with van der Waals surface area (Å²) in [5.41, 5.74) is 5.16. The van der Waals surface area contributed by atoms with Crippen LogP contribution in [0.2, 0.25) is 0 Å². The Morgan fingerprint density at radius 2 is 2.20 bits per heavy atom. The molecule has 10 heavy (non-hydrogen) atoms. The van der Waals surface area contributed by atoms with Gasteiger partial charge in [0.1, 0.15) is 0 Å². The fourth-order valence-corrected chi connectivity index (χ4v) is 1.58. The fourth-order valence-electron chi connectivity index (χ4n) is 1.58. The monoisotopic (exact) mass is 130 g/mol. The summed E-state index contributed by atoms with van der Waals surface area (Å²) in [6.45, 7) is 0.867. The summed E-state index contributed by atoms with van der Waals surface area (Å²) in [6.07, 6.45) is 1.95. The summed E-state index contributed by atoms with van der Waals surface area (Å²) < 4.78 is 0. The van der Waals surface area contributed by atoms with Gasteiger partial charge in [0.15, 0.2) is 0 Å². The number of nitrogens with one attached hydrogen (secondary N) is 1. The molecule has 3 rings (SSSR count). The predicted molar refractivity (Wildman–Crippen MR) is 40.8 cm³/mol. The summed E-state index contributed by atoms with van der Waals surface area (Å²) >= 11 is 0.